The van der Waals surface area contributed by atoms with E-state index in [1.165, 1.54) is 12.8 Å². The van der Waals surface area contributed by atoms with E-state index in [0.29, 0.717) is 17.8 Å². The van der Waals surface area contributed by atoms with Crippen LogP contribution < -0.4 is 10.2 Å². The Morgan fingerprint density at radius 1 is 1.16 bits per heavy atom. The van der Waals surface area contributed by atoms with E-state index in [4.69, 9.17) is 5.10 Å². The summed E-state index contributed by atoms with van der Waals surface area (Å²) < 4.78 is 1.92. The third-order valence-corrected chi connectivity index (χ3v) is 4.84. The molecule has 0 atom stereocenters. The molecule has 8 heteroatoms. The molecule has 1 N–H and O–H groups in total. The quantitative estimate of drug-likeness (QED) is 0.758. The highest BCUT2D eigenvalue weighted by molar-refractivity contribution is 5.48. The van der Waals surface area contributed by atoms with Gasteiger partial charge in [0.25, 0.3) is 0 Å². The van der Waals surface area contributed by atoms with Gasteiger partial charge in [0.15, 0.2) is 11.5 Å². The molecule has 4 heterocycles. The second-order valence-electron chi connectivity index (χ2n) is 6.97. The highest BCUT2D eigenvalue weighted by Gasteiger charge is 2.31. The number of nitrogens with zero attached hydrogens (tertiary/aromatic N) is 7. The van der Waals surface area contributed by atoms with Crippen LogP contribution in [0, 0.1) is 12.8 Å². The Morgan fingerprint density at radius 2 is 2.04 bits per heavy atom. The lowest BCUT2D eigenvalue weighted by Gasteiger charge is -2.40. The molecule has 2 aliphatic rings. The van der Waals surface area contributed by atoms with Gasteiger partial charge in [-0.15, -0.1) is 15.3 Å². The maximum atomic E-state index is 4.76. The van der Waals surface area contributed by atoms with Gasteiger partial charge in [-0.2, -0.15) is 4.52 Å². The summed E-state index contributed by atoms with van der Waals surface area (Å²) in [5, 5.41) is 16.6. The minimum Gasteiger partial charge on any atom is -0.354 e. The Morgan fingerprint density at radius 3 is 2.84 bits per heavy atom. The molecule has 128 valence electrons. The van der Waals surface area contributed by atoms with Crippen LogP contribution in [0.25, 0.3) is 5.65 Å². The summed E-state index contributed by atoms with van der Waals surface area (Å²) in [5.41, 5.74) is 1.81. The fourth-order valence-corrected chi connectivity index (χ4v) is 3.22. The number of hydrogen-bond acceptors (Lipinski definition) is 7. The fourth-order valence-electron chi connectivity index (χ4n) is 3.22. The van der Waals surface area contributed by atoms with E-state index in [1.54, 1.807) is 6.20 Å². The molecule has 1 aliphatic heterocycles. The Hall–Kier alpha value is -2.77. The van der Waals surface area contributed by atoms with Crippen LogP contribution in [0.1, 0.15) is 30.3 Å². The summed E-state index contributed by atoms with van der Waals surface area (Å²) in [5.74, 6) is 3.83. The monoisotopic (exact) mass is 336 g/mol. The van der Waals surface area contributed by atoms with Crippen LogP contribution in [-0.4, -0.2) is 49.4 Å². The van der Waals surface area contributed by atoms with Crippen LogP contribution in [0.15, 0.2) is 24.4 Å². The first-order valence-corrected chi connectivity index (χ1v) is 8.77. The molecule has 3 aromatic heterocycles. The summed E-state index contributed by atoms with van der Waals surface area (Å²) in [6.45, 7) is 4.82. The van der Waals surface area contributed by atoms with Crippen molar-refractivity contribution in [1.29, 1.82) is 0 Å². The number of aromatic nitrogens is 6. The molecule has 2 fully saturated rings. The highest BCUT2D eigenvalue weighted by Crippen LogP contribution is 2.38. The van der Waals surface area contributed by atoms with Gasteiger partial charge in [0.05, 0.1) is 0 Å². The molecule has 0 amide bonds. The van der Waals surface area contributed by atoms with Crippen molar-refractivity contribution in [2.45, 2.75) is 25.7 Å². The first-order chi connectivity index (χ1) is 12.3. The lowest BCUT2D eigenvalue weighted by molar-refractivity contribution is 0.424. The first kappa shape index (κ1) is 14.6. The van der Waals surface area contributed by atoms with Crippen LogP contribution in [0.3, 0.4) is 0 Å². The second kappa shape index (κ2) is 5.65. The van der Waals surface area contributed by atoms with E-state index < -0.39 is 0 Å². The number of fused-ring (bicyclic) bond motifs is 1. The summed E-state index contributed by atoms with van der Waals surface area (Å²) >= 11 is 0. The van der Waals surface area contributed by atoms with Crippen molar-refractivity contribution in [3.05, 3.63) is 35.9 Å². The van der Waals surface area contributed by atoms with Gasteiger partial charge in [-0.05, 0) is 38.0 Å². The van der Waals surface area contributed by atoms with E-state index in [0.717, 1.165) is 42.6 Å². The molecule has 0 radical (unpaired) electrons. The van der Waals surface area contributed by atoms with E-state index in [9.17, 15) is 0 Å². The van der Waals surface area contributed by atoms with Crippen molar-refractivity contribution in [1.82, 2.24) is 29.8 Å². The van der Waals surface area contributed by atoms with Gasteiger partial charge >= 0.3 is 0 Å². The van der Waals surface area contributed by atoms with Crippen molar-refractivity contribution in [2.24, 2.45) is 5.92 Å². The minimum atomic E-state index is 0.542. The molecule has 1 aliphatic carbocycles. The fraction of sp³-hybridized carbons (Fsp3) is 0.471. The van der Waals surface area contributed by atoms with Crippen LogP contribution in [0.5, 0.6) is 0 Å². The summed E-state index contributed by atoms with van der Waals surface area (Å²) in [7, 11) is 0. The third-order valence-electron chi connectivity index (χ3n) is 4.84. The van der Waals surface area contributed by atoms with Crippen molar-refractivity contribution >= 4 is 17.4 Å². The molecule has 0 unspecified atom stereocenters. The van der Waals surface area contributed by atoms with Gasteiger partial charge < -0.3 is 10.2 Å². The van der Waals surface area contributed by atoms with Crippen LogP contribution in [0.2, 0.25) is 0 Å². The number of aryl methyl sites for hydroxylation is 1. The predicted octanol–water partition coefficient (Wildman–Crippen LogP) is 1.65. The molecule has 3 aromatic rings. The van der Waals surface area contributed by atoms with E-state index in [-0.39, 0.29) is 0 Å². The molecule has 0 spiro atoms. The molecule has 8 nitrogen and oxygen atoms in total. The number of nitrogens with one attached hydrogen (secondary N) is 1. The summed E-state index contributed by atoms with van der Waals surface area (Å²) in [6, 6.07) is 5.94. The van der Waals surface area contributed by atoms with Gasteiger partial charge in [0.2, 0.25) is 5.95 Å². The smallest absolute Gasteiger partial charge is 0.222 e. The standard InChI is InChI=1S/C17H20N8/c1-11-6-7-18-17(20-11)19-8-12-9-24(10-12)15-5-4-14-21-22-16(13-2-3-13)25(14)23-15/h4-7,12-13H,2-3,8-10H2,1H3,(H,18,19,20). The molecular formula is C17H20N8. The van der Waals surface area contributed by atoms with Gasteiger partial charge in [-0.1, -0.05) is 0 Å². The molecule has 5 rings (SSSR count). The zero-order valence-corrected chi connectivity index (χ0v) is 14.1. The lowest BCUT2D eigenvalue weighted by atomic mass is 10.0. The zero-order valence-electron chi connectivity index (χ0n) is 14.1. The van der Waals surface area contributed by atoms with E-state index in [1.807, 2.05) is 29.6 Å². The minimum absolute atomic E-state index is 0.542. The largest absolute Gasteiger partial charge is 0.354 e. The van der Waals surface area contributed by atoms with Gasteiger partial charge in [0.1, 0.15) is 5.82 Å². The number of hydrogen-bond donors (Lipinski definition) is 1. The van der Waals surface area contributed by atoms with E-state index in [2.05, 4.69) is 30.4 Å². The molecule has 0 aromatic carbocycles. The normalized spacial score (nSPS) is 17.7. The van der Waals surface area contributed by atoms with Crippen molar-refractivity contribution in [3.63, 3.8) is 0 Å². The van der Waals surface area contributed by atoms with Crippen molar-refractivity contribution in [2.75, 3.05) is 29.9 Å². The number of anilines is 2. The van der Waals surface area contributed by atoms with E-state index >= 15 is 0 Å². The SMILES string of the molecule is Cc1ccnc(NCC2CN(c3ccc4nnc(C5CC5)n4n3)C2)n1. The van der Waals surface area contributed by atoms with Gasteiger partial charge in [-0.3, -0.25) is 0 Å². The molecular weight excluding hydrogens is 316 g/mol. The maximum Gasteiger partial charge on any atom is 0.222 e. The summed E-state index contributed by atoms with van der Waals surface area (Å²) in [4.78, 5) is 10.9. The van der Waals surface area contributed by atoms with Crippen molar-refractivity contribution < 1.29 is 0 Å². The van der Waals surface area contributed by atoms with Crippen LogP contribution in [0.4, 0.5) is 11.8 Å². The maximum absolute atomic E-state index is 4.76. The second-order valence-corrected chi connectivity index (χ2v) is 6.97. The van der Waals surface area contributed by atoms with Gasteiger partial charge in [0, 0.05) is 43.4 Å². The average molecular weight is 336 g/mol. The first-order valence-electron chi connectivity index (χ1n) is 8.77. The summed E-state index contributed by atoms with van der Waals surface area (Å²) in [6.07, 6.45) is 4.18. The lowest BCUT2D eigenvalue weighted by Crippen LogP contribution is -2.50. The topological polar surface area (TPSA) is 84.1 Å². The average Bonchev–Trinajstić information content (AvgIpc) is 3.33. The van der Waals surface area contributed by atoms with Crippen LogP contribution in [-0.2, 0) is 0 Å². The number of rotatable bonds is 5. The predicted molar refractivity (Wildman–Crippen MR) is 93.7 cm³/mol. The molecule has 1 saturated heterocycles. The molecule has 0 bridgehead atoms. The van der Waals surface area contributed by atoms with Crippen LogP contribution >= 0.6 is 0 Å². The molecule has 25 heavy (non-hydrogen) atoms. The Labute approximate surface area is 145 Å². The van der Waals surface area contributed by atoms with Gasteiger partial charge in [-0.25, -0.2) is 9.97 Å². The zero-order chi connectivity index (χ0) is 16.8. The van der Waals surface area contributed by atoms with Crippen molar-refractivity contribution in [3.8, 4) is 0 Å². The highest BCUT2D eigenvalue weighted by atomic mass is 15.4. The Bertz CT molecular complexity index is 910. The Kier molecular flexibility index (Phi) is 3.29. The Balaban J connectivity index is 1.23. The molecule has 1 saturated carbocycles. The third kappa shape index (κ3) is 2.77.